The van der Waals surface area contributed by atoms with E-state index in [1.165, 1.54) is 12.0 Å². The first kappa shape index (κ1) is 12.5. The molecule has 0 spiro atoms. The van der Waals surface area contributed by atoms with Crippen LogP contribution in [0.2, 0.25) is 0 Å². The van der Waals surface area contributed by atoms with Gasteiger partial charge in [-0.15, -0.1) is 11.3 Å². The molecule has 1 aromatic rings. The molecule has 2 rings (SSSR count). The molecule has 1 aliphatic rings. The van der Waals surface area contributed by atoms with Crippen molar-refractivity contribution in [3.8, 4) is 0 Å². The number of esters is 1. The number of likely N-dealkylation sites (tertiary alicyclic amines) is 1. The highest BCUT2D eigenvalue weighted by molar-refractivity contribution is 7.09. The molecule has 0 N–H and O–H groups in total. The Bertz CT molecular complexity index is 367. The van der Waals surface area contributed by atoms with Crippen LogP contribution < -0.4 is 0 Å². The quantitative estimate of drug-likeness (QED) is 0.771. The average molecular weight is 254 g/mol. The summed E-state index contributed by atoms with van der Waals surface area (Å²) in [5.41, 5.74) is 1.86. The van der Waals surface area contributed by atoms with Crippen molar-refractivity contribution in [2.24, 2.45) is 11.8 Å². The van der Waals surface area contributed by atoms with Crippen LogP contribution in [0, 0.1) is 11.8 Å². The molecule has 17 heavy (non-hydrogen) atoms. The van der Waals surface area contributed by atoms with Crippen molar-refractivity contribution in [3.05, 3.63) is 16.6 Å². The van der Waals surface area contributed by atoms with Gasteiger partial charge in [0.2, 0.25) is 0 Å². The third-order valence-electron chi connectivity index (χ3n) is 3.36. The molecule has 2 heterocycles. The van der Waals surface area contributed by atoms with Gasteiger partial charge in [0, 0.05) is 24.2 Å². The Morgan fingerprint density at radius 2 is 2.53 bits per heavy atom. The second-order valence-electron chi connectivity index (χ2n) is 4.60. The number of carbonyl (C=O) groups is 1. The molecule has 1 aliphatic heterocycles. The van der Waals surface area contributed by atoms with E-state index in [4.69, 9.17) is 4.74 Å². The van der Waals surface area contributed by atoms with Crippen molar-refractivity contribution >= 4 is 17.3 Å². The Morgan fingerprint density at radius 3 is 3.12 bits per heavy atom. The highest BCUT2D eigenvalue weighted by atomic mass is 32.1. The summed E-state index contributed by atoms with van der Waals surface area (Å²) in [5, 5.41) is 0. The van der Waals surface area contributed by atoms with E-state index in [2.05, 4.69) is 16.8 Å². The van der Waals surface area contributed by atoms with Gasteiger partial charge in [0.15, 0.2) is 0 Å². The maximum atomic E-state index is 11.6. The molecular weight excluding hydrogens is 236 g/mol. The summed E-state index contributed by atoms with van der Waals surface area (Å²) in [7, 11) is 1.47. The molecule has 1 saturated heterocycles. The SMILES string of the molecule is COC(=O)[C@H]1CCN(Cc2cncs2)C[C@@H]1C. The molecule has 1 fully saturated rings. The second-order valence-corrected chi connectivity index (χ2v) is 5.57. The standard InChI is InChI=1S/C12H18N2O2S/c1-9-6-14(7-10-5-13-8-17-10)4-3-11(9)12(15)16-2/h5,8-9,11H,3-4,6-7H2,1-2H3/t9-,11-/m0/s1. The van der Waals surface area contributed by atoms with Gasteiger partial charge in [-0.2, -0.15) is 0 Å². The zero-order valence-electron chi connectivity index (χ0n) is 10.3. The van der Waals surface area contributed by atoms with Gasteiger partial charge in [0.25, 0.3) is 0 Å². The summed E-state index contributed by atoms with van der Waals surface area (Å²) in [6.45, 7) is 4.99. The molecular formula is C12H18N2O2S. The fourth-order valence-electron chi connectivity index (χ4n) is 2.42. The highest BCUT2D eigenvalue weighted by Crippen LogP contribution is 2.25. The summed E-state index contributed by atoms with van der Waals surface area (Å²) in [5.74, 6) is 0.372. The van der Waals surface area contributed by atoms with Crippen LogP contribution >= 0.6 is 11.3 Å². The van der Waals surface area contributed by atoms with E-state index in [0.29, 0.717) is 5.92 Å². The lowest BCUT2D eigenvalue weighted by atomic mass is 9.87. The third kappa shape index (κ3) is 3.04. The fourth-order valence-corrected chi connectivity index (χ4v) is 3.05. The van der Waals surface area contributed by atoms with Crippen molar-refractivity contribution in [2.45, 2.75) is 19.9 Å². The van der Waals surface area contributed by atoms with Crippen molar-refractivity contribution in [3.63, 3.8) is 0 Å². The predicted molar refractivity (Wildman–Crippen MR) is 66.7 cm³/mol. The number of hydrogen-bond acceptors (Lipinski definition) is 5. The monoisotopic (exact) mass is 254 g/mol. The predicted octanol–water partition coefficient (Wildman–Crippen LogP) is 1.77. The summed E-state index contributed by atoms with van der Waals surface area (Å²) < 4.78 is 4.84. The van der Waals surface area contributed by atoms with Crippen LogP contribution in [0.25, 0.3) is 0 Å². The Morgan fingerprint density at radius 1 is 1.71 bits per heavy atom. The Labute approximate surface area is 106 Å². The van der Waals surface area contributed by atoms with E-state index in [1.807, 2.05) is 11.7 Å². The minimum Gasteiger partial charge on any atom is -0.469 e. The molecule has 0 saturated carbocycles. The highest BCUT2D eigenvalue weighted by Gasteiger charge is 2.31. The Kier molecular flexibility index (Phi) is 4.12. The third-order valence-corrected chi connectivity index (χ3v) is 4.12. The number of hydrogen-bond donors (Lipinski definition) is 0. The molecule has 0 radical (unpaired) electrons. The Hall–Kier alpha value is -0.940. The minimum absolute atomic E-state index is 0.0602. The number of aromatic nitrogens is 1. The van der Waals surface area contributed by atoms with Gasteiger partial charge in [-0.1, -0.05) is 6.92 Å². The number of nitrogens with zero attached hydrogens (tertiary/aromatic N) is 2. The lowest BCUT2D eigenvalue weighted by Gasteiger charge is -2.35. The Balaban J connectivity index is 1.88. The molecule has 0 aromatic carbocycles. The molecule has 0 bridgehead atoms. The molecule has 0 aliphatic carbocycles. The van der Waals surface area contributed by atoms with E-state index in [0.717, 1.165) is 26.1 Å². The largest absolute Gasteiger partial charge is 0.469 e. The normalized spacial score (nSPS) is 25.8. The van der Waals surface area contributed by atoms with E-state index in [9.17, 15) is 4.79 Å². The average Bonchev–Trinajstić information content (AvgIpc) is 2.81. The van der Waals surface area contributed by atoms with Gasteiger partial charge in [0.05, 0.1) is 18.5 Å². The number of methoxy groups -OCH3 is 1. The van der Waals surface area contributed by atoms with Gasteiger partial charge in [0.1, 0.15) is 0 Å². The van der Waals surface area contributed by atoms with Crippen molar-refractivity contribution in [1.29, 1.82) is 0 Å². The zero-order chi connectivity index (χ0) is 12.3. The summed E-state index contributed by atoms with van der Waals surface area (Å²) >= 11 is 1.68. The van der Waals surface area contributed by atoms with Crippen LogP contribution in [-0.4, -0.2) is 36.1 Å². The second kappa shape index (κ2) is 5.60. The number of thiazole rings is 1. The van der Waals surface area contributed by atoms with Gasteiger partial charge >= 0.3 is 5.97 Å². The first-order valence-corrected chi connectivity index (χ1v) is 6.76. The molecule has 4 nitrogen and oxygen atoms in total. The molecule has 1 aromatic heterocycles. The fraction of sp³-hybridized carbons (Fsp3) is 0.667. The van der Waals surface area contributed by atoms with Crippen molar-refractivity contribution in [2.75, 3.05) is 20.2 Å². The zero-order valence-corrected chi connectivity index (χ0v) is 11.1. The minimum atomic E-state index is -0.0602. The first-order chi connectivity index (χ1) is 8.20. The topological polar surface area (TPSA) is 42.4 Å². The maximum absolute atomic E-state index is 11.6. The number of rotatable bonds is 3. The van der Waals surface area contributed by atoms with Crippen LogP contribution in [-0.2, 0) is 16.1 Å². The number of carbonyl (C=O) groups excluding carboxylic acids is 1. The van der Waals surface area contributed by atoms with E-state index in [1.54, 1.807) is 11.3 Å². The van der Waals surface area contributed by atoms with E-state index >= 15 is 0 Å². The van der Waals surface area contributed by atoms with Gasteiger partial charge < -0.3 is 4.74 Å². The van der Waals surface area contributed by atoms with Crippen LogP contribution in [0.3, 0.4) is 0 Å². The maximum Gasteiger partial charge on any atom is 0.309 e. The van der Waals surface area contributed by atoms with Gasteiger partial charge in [-0.25, -0.2) is 0 Å². The first-order valence-electron chi connectivity index (χ1n) is 5.88. The van der Waals surface area contributed by atoms with Crippen LogP contribution in [0.15, 0.2) is 11.7 Å². The molecule has 5 heteroatoms. The summed E-state index contributed by atoms with van der Waals surface area (Å²) in [6.07, 6.45) is 2.81. The molecule has 0 unspecified atom stereocenters. The van der Waals surface area contributed by atoms with E-state index < -0.39 is 0 Å². The van der Waals surface area contributed by atoms with Crippen LogP contribution in [0.4, 0.5) is 0 Å². The number of ether oxygens (including phenoxy) is 1. The molecule has 2 atom stereocenters. The number of piperidine rings is 1. The van der Waals surface area contributed by atoms with Crippen molar-refractivity contribution in [1.82, 2.24) is 9.88 Å². The van der Waals surface area contributed by atoms with Crippen molar-refractivity contribution < 1.29 is 9.53 Å². The van der Waals surface area contributed by atoms with Crippen LogP contribution in [0.1, 0.15) is 18.2 Å². The van der Waals surface area contributed by atoms with E-state index in [-0.39, 0.29) is 11.9 Å². The summed E-state index contributed by atoms with van der Waals surface area (Å²) in [6, 6.07) is 0. The van der Waals surface area contributed by atoms with Gasteiger partial charge in [-0.3, -0.25) is 14.7 Å². The summed E-state index contributed by atoms with van der Waals surface area (Å²) in [4.78, 5) is 19.3. The lowest BCUT2D eigenvalue weighted by molar-refractivity contribution is -0.149. The lowest BCUT2D eigenvalue weighted by Crippen LogP contribution is -2.41. The molecule has 0 amide bonds. The smallest absolute Gasteiger partial charge is 0.309 e. The van der Waals surface area contributed by atoms with Gasteiger partial charge in [-0.05, 0) is 18.9 Å². The molecule has 94 valence electrons. The van der Waals surface area contributed by atoms with Crippen LogP contribution in [0.5, 0.6) is 0 Å².